The van der Waals surface area contributed by atoms with E-state index in [4.69, 9.17) is 23.2 Å². The Labute approximate surface area is 365 Å². The average Bonchev–Trinajstić information content (AvgIpc) is 3.21. The lowest BCUT2D eigenvalue weighted by atomic mass is 9.86. The molecular formula is C42H64Cl2N14O2. The van der Waals surface area contributed by atoms with Gasteiger partial charge in [-0.1, -0.05) is 75.9 Å². The summed E-state index contributed by atoms with van der Waals surface area (Å²) < 4.78 is 0. The first-order valence-electron chi connectivity index (χ1n) is 21.1. The van der Waals surface area contributed by atoms with Gasteiger partial charge in [-0.3, -0.25) is 0 Å². The maximum Gasteiger partial charge on any atom is 0.319 e. The molecule has 4 aromatic rings. The Morgan fingerprint density at radius 3 is 1.08 bits per heavy atom. The molecule has 18 heteroatoms. The fraction of sp³-hybridized carbons (Fsp3) is 0.524. The van der Waals surface area contributed by atoms with Crippen LogP contribution in [-0.4, -0.2) is 80.2 Å². The quantitative estimate of drug-likeness (QED) is 0.0670. The van der Waals surface area contributed by atoms with Crippen LogP contribution in [0.5, 0.6) is 0 Å². The van der Waals surface area contributed by atoms with Gasteiger partial charge in [-0.2, -0.15) is 29.9 Å². The minimum atomic E-state index is -0.0880. The Hall–Kier alpha value is -5.22. The maximum atomic E-state index is 11.8. The van der Waals surface area contributed by atoms with Gasteiger partial charge in [-0.05, 0) is 113 Å². The SMILES string of the molecule is CC1CCCCC1NC(=O)Nc1ccccc1.CC1CCCCC1NC(=O)Nc1ccccc1.CCNc1nc(Cl)nc(NCC)n1.CCNc1nc(Cl)nc(NCC)n1. The molecule has 328 valence electrons. The zero-order valence-corrected chi connectivity index (χ0v) is 37.3. The molecule has 4 atom stereocenters. The van der Waals surface area contributed by atoms with E-state index < -0.39 is 0 Å². The van der Waals surface area contributed by atoms with Crippen molar-refractivity contribution in [3.63, 3.8) is 0 Å². The number of hydrogen-bond donors (Lipinski definition) is 8. The monoisotopic (exact) mass is 866 g/mol. The first kappa shape index (κ1) is 49.1. The Kier molecular flexibility index (Phi) is 23.2. The third-order valence-corrected chi connectivity index (χ3v) is 9.81. The van der Waals surface area contributed by atoms with E-state index >= 15 is 0 Å². The van der Waals surface area contributed by atoms with Crippen LogP contribution in [0.2, 0.25) is 10.6 Å². The van der Waals surface area contributed by atoms with Crippen molar-refractivity contribution in [1.82, 2.24) is 40.5 Å². The van der Waals surface area contributed by atoms with Crippen molar-refractivity contribution in [3.05, 3.63) is 71.2 Å². The summed E-state index contributed by atoms with van der Waals surface area (Å²) in [4.78, 5) is 47.4. The van der Waals surface area contributed by atoms with Crippen molar-refractivity contribution < 1.29 is 9.59 Å². The van der Waals surface area contributed by atoms with Crippen LogP contribution in [0.25, 0.3) is 0 Å². The lowest BCUT2D eigenvalue weighted by molar-refractivity contribution is 0.232. The van der Waals surface area contributed by atoms with E-state index in [0.717, 1.165) is 50.4 Å². The number of halogens is 2. The summed E-state index contributed by atoms with van der Waals surface area (Å²) in [5, 5.41) is 24.1. The predicted octanol–water partition coefficient (Wildman–Crippen LogP) is 9.55. The number of carbonyl (C=O) groups excluding carboxylic acids is 2. The molecule has 4 unspecified atom stereocenters. The predicted molar refractivity (Wildman–Crippen MR) is 246 cm³/mol. The van der Waals surface area contributed by atoms with Crippen LogP contribution in [0, 0.1) is 11.8 Å². The Morgan fingerprint density at radius 2 is 0.800 bits per heavy atom. The van der Waals surface area contributed by atoms with Crippen molar-refractivity contribution in [2.24, 2.45) is 11.8 Å². The van der Waals surface area contributed by atoms with E-state index in [1.165, 1.54) is 38.5 Å². The Morgan fingerprint density at radius 1 is 0.500 bits per heavy atom. The van der Waals surface area contributed by atoms with Crippen LogP contribution in [0.1, 0.15) is 92.9 Å². The molecule has 2 aliphatic carbocycles. The molecule has 0 bridgehead atoms. The largest absolute Gasteiger partial charge is 0.354 e. The van der Waals surface area contributed by atoms with Gasteiger partial charge in [0.1, 0.15) is 0 Å². The highest BCUT2D eigenvalue weighted by molar-refractivity contribution is 6.28. The van der Waals surface area contributed by atoms with E-state index in [2.05, 4.69) is 86.3 Å². The van der Waals surface area contributed by atoms with Crippen molar-refractivity contribution in [1.29, 1.82) is 0 Å². The molecule has 8 N–H and O–H groups in total. The van der Waals surface area contributed by atoms with Gasteiger partial charge in [-0.15, -0.1) is 0 Å². The van der Waals surface area contributed by atoms with Gasteiger partial charge in [-0.25, -0.2) is 9.59 Å². The molecule has 2 saturated carbocycles. The molecule has 6 rings (SSSR count). The van der Waals surface area contributed by atoms with Gasteiger partial charge in [0, 0.05) is 49.6 Å². The first-order chi connectivity index (χ1) is 29.0. The number of rotatable bonds is 12. The van der Waals surface area contributed by atoms with Crippen molar-refractivity contribution in [2.75, 3.05) is 58.1 Å². The van der Waals surface area contributed by atoms with E-state index in [-0.39, 0.29) is 22.6 Å². The van der Waals surface area contributed by atoms with Crippen LogP contribution in [-0.2, 0) is 0 Å². The molecule has 2 aromatic carbocycles. The molecule has 4 amide bonds. The number of para-hydroxylation sites is 2. The number of carbonyl (C=O) groups is 2. The molecule has 2 heterocycles. The zero-order valence-electron chi connectivity index (χ0n) is 35.8. The van der Waals surface area contributed by atoms with Crippen molar-refractivity contribution in [2.45, 2.75) is 105 Å². The van der Waals surface area contributed by atoms with Gasteiger partial charge in [0.2, 0.25) is 34.4 Å². The number of urea groups is 2. The molecule has 60 heavy (non-hydrogen) atoms. The van der Waals surface area contributed by atoms with Gasteiger partial charge < -0.3 is 42.5 Å². The van der Waals surface area contributed by atoms with Gasteiger partial charge in [0.25, 0.3) is 0 Å². The smallest absolute Gasteiger partial charge is 0.319 e. The molecule has 2 fully saturated rings. The van der Waals surface area contributed by atoms with Gasteiger partial charge in [0.05, 0.1) is 0 Å². The van der Waals surface area contributed by atoms with Gasteiger partial charge in [0.15, 0.2) is 0 Å². The third-order valence-electron chi connectivity index (χ3n) is 9.48. The van der Waals surface area contributed by atoms with E-state index in [0.29, 0.717) is 47.7 Å². The van der Waals surface area contributed by atoms with E-state index in [9.17, 15) is 9.59 Å². The topological polar surface area (TPSA) is 208 Å². The van der Waals surface area contributed by atoms with Crippen LogP contribution in [0.15, 0.2) is 60.7 Å². The molecule has 0 saturated heterocycles. The number of benzene rings is 2. The summed E-state index contributed by atoms with van der Waals surface area (Å²) in [6, 6.07) is 19.6. The van der Waals surface area contributed by atoms with Gasteiger partial charge >= 0.3 is 12.1 Å². The maximum absolute atomic E-state index is 11.8. The molecule has 2 aromatic heterocycles. The molecule has 2 aliphatic rings. The minimum absolute atomic E-state index is 0.0880. The number of nitrogens with zero attached hydrogens (tertiary/aromatic N) is 6. The number of hydrogen-bond acceptors (Lipinski definition) is 12. The van der Waals surface area contributed by atoms with Crippen LogP contribution >= 0.6 is 23.2 Å². The molecule has 0 radical (unpaired) electrons. The highest BCUT2D eigenvalue weighted by atomic mass is 35.5. The van der Waals surface area contributed by atoms with Crippen LogP contribution in [0.3, 0.4) is 0 Å². The summed E-state index contributed by atoms with van der Waals surface area (Å²) >= 11 is 11.4. The van der Waals surface area contributed by atoms with E-state index in [1.54, 1.807) is 0 Å². The van der Waals surface area contributed by atoms with Crippen molar-refractivity contribution in [3.8, 4) is 0 Å². The molecule has 16 nitrogen and oxygen atoms in total. The standard InChI is InChI=1S/2C14H20N2O.2C7H12ClN5/c2*1-11-7-5-6-10-13(11)16-14(17)15-12-8-3-2-4-9-12;2*1-3-9-6-11-5(8)12-7(13-6)10-4-2/h2*2-4,8-9,11,13H,5-7,10H2,1H3,(H2,15,16,17);2*3-4H2,1-2H3,(H2,9,10,11,12,13). The second-order valence-electron chi connectivity index (χ2n) is 14.3. The highest BCUT2D eigenvalue weighted by Gasteiger charge is 2.23. The summed E-state index contributed by atoms with van der Waals surface area (Å²) in [5.74, 6) is 3.17. The Balaban J connectivity index is 0.000000216. The summed E-state index contributed by atoms with van der Waals surface area (Å²) in [7, 11) is 0. The minimum Gasteiger partial charge on any atom is -0.354 e. The fourth-order valence-corrected chi connectivity index (χ4v) is 6.74. The van der Waals surface area contributed by atoms with E-state index in [1.807, 2.05) is 88.4 Å². The second kappa shape index (κ2) is 28.3. The van der Waals surface area contributed by atoms with Crippen LogP contribution < -0.4 is 42.5 Å². The number of anilines is 6. The summed E-state index contributed by atoms with van der Waals surface area (Å²) in [5.41, 5.74) is 1.68. The van der Waals surface area contributed by atoms with Crippen molar-refractivity contribution >= 4 is 70.4 Å². The van der Waals surface area contributed by atoms with Crippen LogP contribution in [0.4, 0.5) is 44.8 Å². The average molecular weight is 868 g/mol. The summed E-state index contributed by atoms with van der Waals surface area (Å²) in [6.45, 7) is 15.3. The molecule has 0 aliphatic heterocycles. The normalized spacial score (nSPS) is 17.9. The number of aromatic nitrogens is 6. The third kappa shape index (κ3) is 19.7. The number of amides is 4. The first-order valence-corrected chi connectivity index (χ1v) is 21.8. The Bertz CT molecular complexity index is 1630. The highest BCUT2D eigenvalue weighted by Crippen LogP contribution is 2.25. The second-order valence-corrected chi connectivity index (χ2v) is 15.0. The lowest BCUT2D eigenvalue weighted by Crippen LogP contribution is -2.43. The fourth-order valence-electron chi connectivity index (χ4n) is 6.42. The number of nitrogens with one attached hydrogen (secondary N) is 8. The molecule has 0 spiro atoms. The molecular weight excluding hydrogens is 803 g/mol. The lowest BCUT2D eigenvalue weighted by Gasteiger charge is -2.29. The zero-order chi connectivity index (χ0) is 43.5. The summed E-state index contributed by atoms with van der Waals surface area (Å²) in [6.07, 6.45) is 9.67.